The van der Waals surface area contributed by atoms with Crippen LogP contribution in [-0.4, -0.2) is 45.1 Å². The maximum absolute atomic E-state index is 10.3. The molecule has 1 saturated carbocycles. The molecule has 2 atom stereocenters. The summed E-state index contributed by atoms with van der Waals surface area (Å²) in [7, 11) is 4.21. The van der Waals surface area contributed by atoms with E-state index in [1.807, 2.05) is 30.3 Å². The first-order chi connectivity index (χ1) is 9.59. The van der Waals surface area contributed by atoms with Crippen molar-refractivity contribution in [1.82, 2.24) is 4.90 Å². The van der Waals surface area contributed by atoms with Gasteiger partial charge >= 0.3 is 129 Å². The summed E-state index contributed by atoms with van der Waals surface area (Å²) in [6.45, 7) is 2.22. The van der Waals surface area contributed by atoms with Crippen LogP contribution in [0.25, 0.3) is 0 Å². The average molecular weight is 335 g/mol. The Hall–Kier alpha value is -0.341. The van der Waals surface area contributed by atoms with Crippen LogP contribution < -0.4 is 0 Å². The molecule has 1 N–H and O–H groups in total. The summed E-state index contributed by atoms with van der Waals surface area (Å²) in [4.78, 5) is 3.64. The van der Waals surface area contributed by atoms with Gasteiger partial charge in [0.15, 0.2) is 0 Å². The van der Waals surface area contributed by atoms with Crippen LogP contribution in [0, 0.1) is 30.0 Å². The van der Waals surface area contributed by atoms with Crippen molar-refractivity contribution in [1.29, 1.82) is 0 Å². The number of aliphatic hydroxyl groups is 1. The van der Waals surface area contributed by atoms with E-state index in [0.29, 0.717) is 21.0 Å². The summed E-state index contributed by atoms with van der Waals surface area (Å²) < 4.78 is 0. The Morgan fingerprint density at radius 1 is 1.15 bits per heavy atom. The molecule has 0 heterocycles. The Kier molecular flexibility index (Phi) is 6.10. The summed E-state index contributed by atoms with van der Waals surface area (Å²) >= 11 is 0.304. The standard InChI is InChI=1S/C17H22NOSe/c1-13(18(2)3)15-10-7-11-17(15)20-12-16(19)14-8-5-4-6-9-14/h4-11,13,16,19H,12H2,1-3H3/t13-,16?/m1/s1. The summed E-state index contributed by atoms with van der Waals surface area (Å²) in [5.41, 5.74) is 1.02. The van der Waals surface area contributed by atoms with Gasteiger partial charge in [-0.3, -0.25) is 0 Å². The van der Waals surface area contributed by atoms with Crippen molar-refractivity contribution >= 4 is 15.0 Å². The first-order valence-electron chi connectivity index (χ1n) is 6.87. The van der Waals surface area contributed by atoms with Crippen LogP contribution in [-0.2, 0) is 0 Å². The second-order valence-electron chi connectivity index (χ2n) is 5.22. The van der Waals surface area contributed by atoms with Crippen LogP contribution in [0.15, 0.2) is 30.3 Å². The molecular formula is C17H22NOSe. The summed E-state index contributed by atoms with van der Waals surface area (Å²) in [6.07, 6.45) is 6.18. The summed E-state index contributed by atoms with van der Waals surface area (Å²) in [5.74, 6) is 1.40. The molecule has 2 nitrogen and oxygen atoms in total. The molecule has 0 bridgehead atoms. The van der Waals surface area contributed by atoms with Crippen LogP contribution in [0.2, 0.25) is 5.32 Å². The van der Waals surface area contributed by atoms with E-state index in [1.54, 1.807) is 0 Å². The van der Waals surface area contributed by atoms with Crippen LogP contribution in [0.4, 0.5) is 0 Å². The van der Waals surface area contributed by atoms with Crippen LogP contribution >= 0.6 is 0 Å². The molecule has 1 aromatic carbocycles. The van der Waals surface area contributed by atoms with Crippen LogP contribution in [0.3, 0.4) is 0 Å². The Bertz CT molecular complexity index is 395. The fourth-order valence-corrected chi connectivity index (χ4v) is 4.44. The van der Waals surface area contributed by atoms with Crippen molar-refractivity contribution in [3.63, 3.8) is 0 Å². The van der Waals surface area contributed by atoms with Crippen molar-refractivity contribution in [3.05, 3.63) is 65.9 Å². The van der Waals surface area contributed by atoms with Gasteiger partial charge in [-0.2, -0.15) is 0 Å². The topological polar surface area (TPSA) is 23.5 Å². The molecule has 0 spiro atoms. The quantitative estimate of drug-likeness (QED) is 0.808. The van der Waals surface area contributed by atoms with E-state index in [9.17, 15) is 5.11 Å². The Morgan fingerprint density at radius 3 is 2.50 bits per heavy atom. The molecule has 3 heteroatoms. The zero-order valence-electron chi connectivity index (χ0n) is 12.3. The van der Waals surface area contributed by atoms with Crippen molar-refractivity contribution in [3.8, 4) is 0 Å². The maximum atomic E-state index is 10.3. The van der Waals surface area contributed by atoms with Crippen molar-refractivity contribution in [2.75, 3.05) is 14.1 Å². The second-order valence-corrected chi connectivity index (χ2v) is 7.45. The van der Waals surface area contributed by atoms with E-state index < -0.39 is 0 Å². The van der Waals surface area contributed by atoms with Gasteiger partial charge in [0.05, 0.1) is 0 Å². The van der Waals surface area contributed by atoms with E-state index in [0.717, 1.165) is 10.9 Å². The summed E-state index contributed by atoms with van der Waals surface area (Å²) in [6, 6.07) is 10.4. The van der Waals surface area contributed by atoms with Gasteiger partial charge in [0.25, 0.3) is 0 Å². The average Bonchev–Trinajstić information content (AvgIpc) is 2.93. The first-order valence-corrected chi connectivity index (χ1v) is 8.94. The third kappa shape index (κ3) is 4.08. The molecule has 5 radical (unpaired) electrons. The second kappa shape index (κ2) is 7.61. The number of aliphatic hydroxyl groups excluding tert-OH is 1. The van der Waals surface area contributed by atoms with Gasteiger partial charge in [-0.1, -0.05) is 0 Å². The molecule has 0 aromatic heterocycles. The van der Waals surface area contributed by atoms with Gasteiger partial charge in [-0.15, -0.1) is 0 Å². The Labute approximate surface area is 129 Å². The predicted octanol–water partition coefficient (Wildman–Crippen LogP) is 2.53. The third-order valence-corrected chi connectivity index (χ3v) is 6.06. The molecule has 0 aliphatic heterocycles. The number of rotatable bonds is 6. The zero-order chi connectivity index (χ0) is 14.5. The minimum atomic E-state index is -0.353. The van der Waals surface area contributed by atoms with Gasteiger partial charge < -0.3 is 0 Å². The normalized spacial score (nSPS) is 20.4. The molecule has 0 saturated heterocycles. The van der Waals surface area contributed by atoms with Crippen molar-refractivity contribution < 1.29 is 5.11 Å². The van der Waals surface area contributed by atoms with E-state index >= 15 is 0 Å². The van der Waals surface area contributed by atoms with Crippen molar-refractivity contribution in [2.24, 2.45) is 0 Å². The van der Waals surface area contributed by atoms with Gasteiger partial charge in [-0.25, -0.2) is 0 Å². The van der Waals surface area contributed by atoms with E-state index in [1.165, 1.54) is 10.7 Å². The van der Waals surface area contributed by atoms with Gasteiger partial charge in [0, 0.05) is 0 Å². The Morgan fingerprint density at radius 2 is 1.85 bits per heavy atom. The van der Waals surface area contributed by atoms with Crippen LogP contribution in [0.5, 0.6) is 0 Å². The zero-order valence-corrected chi connectivity index (χ0v) is 14.0. The van der Waals surface area contributed by atoms with Gasteiger partial charge in [0.1, 0.15) is 0 Å². The summed E-state index contributed by atoms with van der Waals surface area (Å²) in [5, 5.41) is 11.1. The molecule has 2 rings (SSSR count). The molecule has 20 heavy (non-hydrogen) atoms. The molecule has 1 aliphatic rings. The number of hydrogen-bond donors (Lipinski definition) is 1. The predicted molar refractivity (Wildman–Crippen MR) is 84.5 cm³/mol. The molecule has 1 aliphatic carbocycles. The molecular weight excluding hydrogens is 313 g/mol. The van der Waals surface area contributed by atoms with Gasteiger partial charge in [-0.05, 0) is 0 Å². The number of nitrogens with zero attached hydrogens (tertiary/aromatic N) is 1. The van der Waals surface area contributed by atoms with E-state index in [4.69, 9.17) is 0 Å². The molecule has 1 unspecified atom stereocenters. The van der Waals surface area contributed by atoms with Crippen molar-refractivity contribution in [2.45, 2.75) is 24.4 Å². The molecule has 107 valence electrons. The first kappa shape index (κ1) is 16.0. The fraction of sp³-hybridized carbons (Fsp3) is 0.353. The third-order valence-electron chi connectivity index (χ3n) is 3.61. The Balaban J connectivity index is 1.87. The molecule has 0 amide bonds. The fourth-order valence-electron chi connectivity index (χ4n) is 2.11. The minimum absolute atomic E-state index is 0.304. The number of hydrogen-bond acceptors (Lipinski definition) is 2. The molecule has 1 aromatic rings. The molecule has 1 fully saturated rings. The SMILES string of the molecule is C[C@H]([C]1[CH][CH][CH][C]1[Se]CC(O)c1ccccc1)N(C)C. The van der Waals surface area contributed by atoms with E-state index in [2.05, 4.69) is 45.2 Å². The van der Waals surface area contributed by atoms with Gasteiger partial charge in [0.2, 0.25) is 0 Å². The van der Waals surface area contributed by atoms with Crippen LogP contribution in [0.1, 0.15) is 18.6 Å². The van der Waals surface area contributed by atoms with E-state index in [-0.39, 0.29) is 6.10 Å². The monoisotopic (exact) mass is 336 g/mol. The number of benzene rings is 1.